The van der Waals surface area contributed by atoms with Gasteiger partial charge in [0.1, 0.15) is 5.82 Å². The maximum atomic E-state index is 12.1. The third-order valence-corrected chi connectivity index (χ3v) is 4.39. The van der Waals surface area contributed by atoms with Gasteiger partial charge >= 0.3 is 0 Å². The lowest BCUT2D eigenvalue weighted by molar-refractivity contribution is 0.102. The Morgan fingerprint density at radius 1 is 1.11 bits per heavy atom. The van der Waals surface area contributed by atoms with Gasteiger partial charge in [-0.2, -0.15) is 0 Å². The van der Waals surface area contributed by atoms with Crippen LogP contribution in [0.3, 0.4) is 0 Å². The minimum absolute atomic E-state index is 0.171. The molecule has 1 heterocycles. The van der Waals surface area contributed by atoms with Gasteiger partial charge in [0.15, 0.2) is 0 Å². The molecule has 98 valence electrons. The number of nitrogens with one attached hydrogen (secondary N) is 1. The predicted molar refractivity (Wildman–Crippen MR) is 83.5 cm³/mol. The van der Waals surface area contributed by atoms with E-state index >= 15 is 0 Å². The van der Waals surface area contributed by atoms with Gasteiger partial charge in [-0.05, 0) is 59.6 Å². The van der Waals surface area contributed by atoms with Crippen LogP contribution in [0, 0.1) is 13.8 Å². The second-order valence-corrected chi connectivity index (χ2v) is 5.89. The number of hydrogen-bond acceptors (Lipinski definition) is 2. The number of anilines is 1. The number of amides is 1. The van der Waals surface area contributed by atoms with Crippen LogP contribution in [0.1, 0.15) is 21.6 Å². The van der Waals surface area contributed by atoms with Crippen molar-refractivity contribution in [3.05, 3.63) is 56.1 Å². The molecule has 0 aliphatic carbocycles. The summed E-state index contributed by atoms with van der Waals surface area (Å²) in [7, 11) is 0. The number of carbonyl (C=O) groups is 1. The van der Waals surface area contributed by atoms with Crippen LogP contribution in [0.15, 0.2) is 39.3 Å². The summed E-state index contributed by atoms with van der Waals surface area (Å²) in [6.07, 6.45) is 0. The lowest BCUT2D eigenvalue weighted by Gasteiger charge is -2.07. The van der Waals surface area contributed by atoms with E-state index in [2.05, 4.69) is 42.2 Å². The summed E-state index contributed by atoms with van der Waals surface area (Å²) in [4.78, 5) is 16.4. The van der Waals surface area contributed by atoms with Crippen LogP contribution in [0.25, 0.3) is 0 Å². The van der Waals surface area contributed by atoms with Gasteiger partial charge in [0.05, 0.1) is 5.69 Å². The Balaban J connectivity index is 2.20. The third kappa shape index (κ3) is 3.42. The standard InChI is InChI=1S/C14H12Br2N2O/c1-8-3-4-10(7-12(8)16)14(19)18-13-6-5-11(15)9(2)17-13/h3-7H,1-2H3,(H,17,18,19). The zero-order valence-corrected chi connectivity index (χ0v) is 13.7. The molecule has 0 saturated carbocycles. The molecule has 0 aliphatic heterocycles. The molecule has 1 N–H and O–H groups in total. The Bertz CT molecular complexity index is 641. The molecule has 0 spiro atoms. The molecule has 19 heavy (non-hydrogen) atoms. The highest BCUT2D eigenvalue weighted by molar-refractivity contribution is 9.10. The highest BCUT2D eigenvalue weighted by atomic mass is 79.9. The summed E-state index contributed by atoms with van der Waals surface area (Å²) >= 11 is 6.80. The summed E-state index contributed by atoms with van der Waals surface area (Å²) in [5.74, 6) is 0.373. The van der Waals surface area contributed by atoms with Crippen molar-refractivity contribution in [1.29, 1.82) is 0 Å². The summed E-state index contributed by atoms with van der Waals surface area (Å²) in [6.45, 7) is 3.85. The first-order chi connectivity index (χ1) is 8.97. The molecular weight excluding hydrogens is 372 g/mol. The van der Waals surface area contributed by atoms with Crippen LogP contribution < -0.4 is 5.32 Å². The van der Waals surface area contributed by atoms with Gasteiger partial charge in [-0.15, -0.1) is 0 Å². The van der Waals surface area contributed by atoms with Gasteiger partial charge in [-0.3, -0.25) is 4.79 Å². The average Bonchev–Trinajstić information content (AvgIpc) is 2.37. The fourth-order valence-electron chi connectivity index (χ4n) is 1.54. The topological polar surface area (TPSA) is 42.0 Å². The molecule has 5 heteroatoms. The zero-order chi connectivity index (χ0) is 14.0. The van der Waals surface area contributed by atoms with Crippen molar-refractivity contribution in [3.8, 4) is 0 Å². The Hall–Kier alpha value is -1.20. The molecule has 2 rings (SSSR count). The van der Waals surface area contributed by atoms with Gasteiger partial charge in [0.2, 0.25) is 0 Å². The van der Waals surface area contributed by atoms with Crippen LogP contribution in [0.4, 0.5) is 5.82 Å². The monoisotopic (exact) mass is 382 g/mol. The normalized spacial score (nSPS) is 10.3. The highest BCUT2D eigenvalue weighted by Crippen LogP contribution is 2.19. The van der Waals surface area contributed by atoms with Crippen molar-refractivity contribution in [2.45, 2.75) is 13.8 Å². The van der Waals surface area contributed by atoms with Crippen molar-refractivity contribution >= 4 is 43.6 Å². The molecule has 0 unspecified atom stereocenters. The van der Waals surface area contributed by atoms with E-state index in [0.717, 1.165) is 20.2 Å². The summed E-state index contributed by atoms with van der Waals surface area (Å²) in [6, 6.07) is 9.12. The van der Waals surface area contributed by atoms with Crippen LogP contribution in [0.2, 0.25) is 0 Å². The number of aryl methyl sites for hydroxylation is 2. The van der Waals surface area contributed by atoms with Crippen LogP contribution in [-0.2, 0) is 0 Å². The Labute approximate surface area is 128 Å². The number of nitrogens with zero attached hydrogens (tertiary/aromatic N) is 1. The van der Waals surface area contributed by atoms with Gasteiger partial charge in [-0.1, -0.05) is 22.0 Å². The first-order valence-corrected chi connectivity index (χ1v) is 7.26. The fraction of sp³-hybridized carbons (Fsp3) is 0.143. The SMILES string of the molecule is Cc1ccc(C(=O)Nc2ccc(Br)c(C)n2)cc1Br. The van der Waals surface area contributed by atoms with Gasteiger partial charge in [-0.25, -0.2) is 4.98 Å². The first kappa shape index (κ1) is 14.2. The van der Waals surface area contributed by atoms with E-state index in [1.54, 1.807) is 18.2 Å². The summed E-state index contributed by atoms with van der Waals surface area (Å²) in [5, 5.41) is 2.78. The molecule has 1 aromatic heterocycles. The van der Waals surface area contributed by atoms with Crippen molar-refractivity contribution in [2.24, 2.45) is 0 Å². The van der Waals surface area contributed by atoms with Gasteiger partial charge in [0, 0.05) is 14.5 Å². The van der Waals surface area contributed by atoms with E-state index in [-0.39, 0.29) is 5.91 Å². The van der Waals surface area contributed by atoms with E-state index in [4.69, 9.17) is 0 Å². The number of hydrogen-bond donors (Lipinski definition) is 1. The second-order valence-electron chi connectivity index (χ2n) is 4.18. The average molecular weight is 384 g/mol. The lowest BCUT2D eigenvalue weighted by Crippen LogP contribution is -2.13. The Morgan fingerprint density at radius 3 is 2.47 bits per heavy atom. The quantitative estimate of drug-likeness (QED) is 0.830. The van der Waals surface area contributed by atoms with Crippen LogP contribution in [0.5, 0.6) is 0 Å². The predicted octanol–water partition coefficient (Wildman–Crippen LogP) is 4.48. The maximum Gasteiger partial charge on any atom is 0.256 e. The van der Waals surface area contributed by atoms with Crippen LogP contribution in [-0.4, -0.2) is 10.9 Å². The number of pyridine rings is 1. The number of carbonyl (C=O) groups excluding carboxylic acids is 1. The molecule has 0 radical (unpaired) electrons. The molecule has 0 saturated heterocycles. The van der Waals surface area contributed by atoms with Crippen molar-refractivity contribution in [2.75, 3.05) is 5.32 Å². The van der Waals surface area contributed by atoms with Crippen LogP contribution >= 0.6 is 31.9 Å². The van der Waals surface area contributed by atoms with E-state index < -0.39 is 0 Å². The molecule has 3 nitrogen and oxygen atoms in total. The summed E-state index contributed by atoms with van der Waals surface area (Å²) in [5.41, 5.74) is 2.52. The maximum absolute atomic E-state index is 12.1. The molecule has 1 amide bonds. The summed E-state index contributed by atoms with van der Waals surface area (Å²) < 4.78 is 1.84. The van der Waals surface area contributed by atoms with E-state index in [0.29, 0.717) is 11.4 Å². The van der Waals surface area contributed by atoms with E-state index in [1.807, 2.05) is 26.0 Å². The van der Waals surface area contributed by atoms with Crippen molar-refractivity contribution in [3.63, 3.8) is 0 Å². The third-order valence-electron chi connectivity index (χ3n) is 2.70. The molecular formula is C14H12Br2N2O. The molecule has 0 bridgehead atoms. The zero-order valence-electron chi connectivity index (χ0n) is 10.5. The molecule has 0 atom stereocenters. The molecule has 0 fully saturated rings. The highest BCUT2D eigenvalue weighted by Gasteiger charge is 2.09. The number of benzene rings is 1. The number of halogens is 2. The van der Waals surface area contributed by atoms with Gasteiger partial charge < -0.3 is 5.32 Å². The minimum atomic E-state index is -0.171. The Morgan fingerprint density at radius 2 is 1.84 bits per heavy atom. The largest absolute Gasteiger partial charge is 0.307 e. The van der Waals surface area contributed by atoms with E-state index in [1.165, 1.54) is 0 Å². The number of rotatable bonds is 2. The fourth-order valence-corrected chi connectivity index (χ4v) is 2.14. The molecule has 1 aromatic carbocycles. The smallest absolute Gasteiger partial charge is 0.256 e. The molecule has 2 aromatic rings. The van der Waals surface area contributed by atoms with Crippen molar-refractivity contribution < 1.29 is 4.79 Å². The molecule has 0 aliphatic rings. The van der Waals surface area contributed by atoms with E-state index in [9.17, 15) is 4.79 Å². The lowest BCUT2D eigenvalue weighted by atomic mass is 10.1. The second kappa shape index (κ2) is 5.84. The Kier molecular flexibility index (Phi) is 4.37. The first-order valence-electron chi connectivity index (χ1n) is 5.68. The van der Waals surface area contributed by atoms with Crippen molar-refractivity contribution in [1.82, 2.24) is 4.98 Å². The van der Waals surface area contributed by atoms with Gasteiger partial charge in [0.25, 0.3) is 5.91 Å². The minimum Gasteiger partial charge on any atom is -0.307 e. The number of aromatic nitrogens is 1.